The Morgan fingerprint density at radius 3 is 2.48 bits per heavy atom. The molecule has 152 valence electrons. The van der Waals surface area contributed by atoms with Gasteiger partial charge in [-0.05, 0) is 36.2 Å². The van der Waals surface area contributed by atoms with Gasteiger partial charge >= 0.3 is 0 Å². The first kappa shape index (κ1) is 20.3. The molecule has 0 saturated carbocycles. The van der Waals surface area contributed by atoms with Gasteiger partial charge in [-0.2, -0.15) is 0 Å². The number of benzene rings is 2. The van der Waals surface area contributed by atoms with Crippen LogP contribution in [0.4, 0.5) is 5.69 Å². The summed E-state index contributed by atoms with van der Waals surface area (Å²) in [5.74, 6) is -2.27. The number of amides is 2. The minimum atomic E-state index is -4.39. The van der Waals surface area contributed by atoms with Crippen molar-refractivity contribution in [1.29, 1.82) is 0 Å². The molecule has 0 aliphatic carbocycles. The zero-order valence-electron chi connectivity index (χ0n) is 15.0. The van der Waals surface area contributed by atoms with E-state index in [-0.39, 0.29) is 29.3 Å². The van der Waals surface area contributed by atoms with E-state index in [1.807, 2.05) is 0 Å². The van der Waals surface area contributed by atoms with Crippen LogP contribution in [0.25, 0.3) is 0 Å². The summed E-state index contributed by atoms with van der Waals surface area (Å²) < 4.78 is 26.4. The molecule has 1 heterocycles. The Balaban J connectivity index is 1.92. The van der Waals surface area contributed by atoms with Crippen LogP contribution in [0.5, 0.6) is 5.75 Å². The number of aromatic hydroxyl groups is 1. The summed E-state index contributed by atoms with van der Waals surface area (Å²) in [5, 5.41) is 22.9. The maximum Gasteiger partial charge on any atom is 0.269 e. The average molecular weight is 419 g/mol. The Hall–Kier alpha value is -3.47. The standard InChI is InChI=1S/C18H17N3O7S/c22-15-3-1-2-12(9-15)8-13-10-19-17(23)11-20(18(13)24)29(27,28)16-6-4-14(5-7-16)21(25)26/h1-7,9,13,22H,8,10-11H2,(H,19,23). The number of nitro benzene ring substituents is 1. The third-order valence-electron chi connectivity index (χ3n) is 4.46. The topological polar surface area (TPSA) is 147 Å². The highest BCUT2D eigenvalue weighted by molar-refractivity contribution is 7.89. The molecule has 0 bridgehead atoms. The lowest BCUT2D eigenvalue weighted by molar-refractivity contribution is -0.384. The zero-order valence-corrected chi connectivity index (χ0v) is 15.8. The minimum absolute atomic E-state index is 0.00274. The molecule has 0 spiro atoms. The summed E-state index contributed by atoms with van der Waals surface area (Å²) in [4.78, 5) is 34.7. The average Bonchev–Trinajstić information content (AvgIpc) is 2.82. The van der Waals surface area contributed by atoms with Crippen LogP contribution < -0.4 is 5.32 Å². The van der Waals surface area contributed by atoms with E-state index in [2.05, 4.69) is 5.32 Å². The van der Waals surface area contributed by atoms with Gasteiger partial charge in [0.1, 0.15) is 12.3 Å². The number of nitro groups is 1. The van der Waals surface area contributed by atoms with Gasteiger partial charge in [0.2, 0.25) is 11.8 Å². The first-order valence-corrected chi connectivity index (χ1v) is 9.98. The molecule has 1 saturated heterocycles. The lowest BCUT2D eigenvalue weighted by Crippen LogP contribution is -2.42. The first-order chi connectivity index (χ1) is 13.7. The Kier molecular flexibility index (Phi) is 5.50. The van der Waals surface area contributed by atoms with E-state index < -0.39 is 39.2 Å². The summed E-state index contributed by atoms with van der Waals surface area (Å²) in [5.41, 5.74) is 0.304. The molecule has 1 atom stereocenters. The minimum Gasteiger partial charge on any atom is -0.508 e. The van der Waals surface area contributed by atoms with Crippen LogP contribution in [0.3, 0.4) is 0 Å². The Labute approximate surface area is 166 Å². The van der Waals surface area contributed by atoms with Gasteiger partial charge in [-0.15, -0.1) is 0 Å². The van der Waals surface area contributed by atoms with Crippen molar-refractivity contribution in [3.8, 4) is 5.75 Å². The SMILES string of the molecule is O=C1CN(S(=O)(=O)c2ccc([N+](=O)[O-])cc2)C(=O)C(Cc2cccc(O)c2)CN1. The van der Waals surface area contributed by atoms with Crippen LogP contribution in [0.1, 0.15) is 5.56 Å². The van der Waals surface area contributed by atoms with E-state index in [1.165, 1.54) is 12.1 Å². The predicted molar refractivity (Wildman–Crippen MR) is 100 cm³/mol. The fourth-order valence-corrected chi connectivity index (χ4v) is 4.40. The second-order valence-electron chi connectivity index (χ2n) is 6.48. The molecular formula is C18H17N3O7S. The van der Waals surface area contributed by atoms with E-state index in [4.69, 9.17) is 0 Å². The number of nitrogens with zero attached hydrogens (tertiary/aromatic N) is 2. The van der Waals surface area contributed by atoms with E-state index in [1.54, 1.807) is 12.1 Å². The summed E-state index contributed by atoms with van der Waals surface area (Å²) in [7, 11) is -4.39. The predicted octanol–water partition coefficient (Wildman–Crippen LogP) is 0.806. The molecule has 1 fully saturated rings. The number of phenolic OH excluding ortho intramolecular Hbond substituents is 1. The van der Waals surface area contributed by atoms with Crippen molar-refractivity contribution >= 4 is 27.5 Å². The van der Waals surface area contributed by atoms with Crippen molar-refractivity contribution < 1.29 is 28.0 Å². The molecule has 29 heavy (non-hydrogen) atoms. The zero-order chi connectivity index (χ0) is 21.2. The van der Waals surface area contributed by atoms with Crippen molar-refractivity contribution in [3.63, 3.8) is 0 Å². The smallest absolute Gasteiger partial charge is 0.269 e. The number of nitrogens with one attached hydrogen (secondary N) is 1. The Morgan fingerprint density at radius 1 is 1.17 bits per heavy atom. The molecule has 2 aromatic carbocycles. The van der Waals surface area contributed by atoms with E-state index in [9.17, 15) is 33.2 Å². The van der Waals surface area contributed by atoms with E-state index in [0.29, 0.717) is 9.87 Å². The van der Waals surface area contributed by atoms with Gasteiger partial charge in [0.15, 0.2) is 0 Å². The van der Waals surface area contributed by atoms with Crippen LogP contribution in [0.15, 0.2) is 53.4 Å². The molecule has 1 aliphatic rings. The maximum atomic E-state index is 13.0. The van der Waals surface area contributed by atoms with Crippen molar-refractivity contribution in [2.45, 2.75) is 11.3 Å². The highest BCUT2D eigenvalue weighted by atomic mass is 32.2. The number of hydrogen-bond acceptors (Lipinski definition) is 7. The summed E-state index contributed by atoms with van der Waals surface area (Å²) >= 11 is 0. The van der Waals surface area contributed by atoms with Gasteiger partial charge in [0.05, 0.1) is 15.7 Å². The van der Waals surface area contributed by atoms with Crippen LogP contribution >= 0.6 is 0 Å². The number of carbonyl (C=O) groups is 2. The molecule has 0 aromatic heterocycles. The lowest BCUT2D eigenvalue weighted by atomic mass is 9.98. The van der Waals surface area contributed by atoms with Crippen LogP contribution in [0.2, 0.25) is 0 Å². The van der Waals surface area contributed by atoms with Crippen molar-refractivity contribution in [2.75, 3.05) is 13.1 Å². The number of sulfonamides is 1. The number of rotatable bonds is 5. The van der Waals surface area contributed by atoms with Gasteiger partial charge in [0.25, 0.3) is 15.7 Å². The van der Waals surface area contributed by atoms with E-state index >= 15 is 0 Å². The highest BCUT2D eigenvalue weighted by Crippen LogP contribution is 2.24. The summed E-state index contributed by atoms with van der Waals surface area (Å²) in [6.07, 6.45) is 0.111. The number of non-ortho nitro benzene ring substituents is 1. The van der Waals surface area contributed by atoms with Crippen LogP contribution in [0, 0.1) is 16.0 Å². The normalized spacial score (nSPS) is 17.5. The Bertz CT molecular complexity index is 1070. The molecule has 1 aliphatic heterocycles. The van der Waals surface area contributed by atoms with E-state index in [0.717, 1.165) is 24.3 Å². The molecule has 10 nitrogen and oxygen atoms in total. The van der Waals surface area contributed by atoms with Gasteiger partial charge in [-0.25, -0.2) is 12.7 Å². The fourth-order valence-electron chi connectivity index (χ4n) is 2.99. The summed E-state index contributed by atoms with van der Waals surface area (Å²) in [6, 6.07) is 10.3. The quantitative estimate of drug-likeness (QED) is 0.538. The molecule has 3 rings (SSSR count). The highest BCUT2D eigenvalue weighted by Gasteiger charge is 2.38. The van der Waals surface area contributed by atoms with Gasteiger partial charge < -0.3 is 10.4 Å². The molecular weight excluding hydrogens is 402 g/mol. The molecule has 11 heteroatoms. The summed E-state index contributed by atoms with van der Waals surface area (Å²) in [6.45, 7) is -0.742. The maximum absolute atomic E-state index is 13.0. The molecule has 0 radical (unpaired) electrons. The fraction of sp³-hybridized carbons (Fsp3) is 0.222. The lowest BCUT2D eigenvalue weighted by Gasteiger charge is -2.23. The van der Waals surface area contributed by atoms with Crippen molar-refractivity contribution in [1.82, 2.24) is 9.62 Å². The second kappa shape index (κ2) is 7.87. The molecule has 1 unspecified atom stereocenters. The van der Waals surface area contributed by atoms with Crippen LogP contribution in [-0.2, 0) is 26.0 Å². The molecule has 2 amide bonds. The van der Waals surface area contributed by atoms with Crippen LogP contribution in [-0.4, -0.2) is 47.7 Å². The number of hydrogen-bond donors (Lipinski definition) is 2. The number of carbonyl (C=O) groups excluding carboxylic acids is 2. The Morgan fingerprint density at radius 2 is 1.86 bits per heavy atom. The third kappa shape index (κ3) is 4.35. The van der Waals surface area contributed by atoms with Gasteiger partial charge in [0, 0.05) is 18.7 Å². The van der Waals surface area contributed by atoms with Gasteiger partial charge in [-0.3, -0.25) is 19.7 Å². The molecule has 2 N–H and O–H groups in total. The number of phenols is 1. The molecule has 2 aromatic rings. The van der Waals surface area contributed by atoms with Gasteiger partial charge in [-0.1, -0.05) is 12.1 Å². The monoisotopic (exact) mass is 419 g/mol. The van der Waals surface area contributed by atoms with Crippen molar-refractivity contribution in [3.05, 3.63) is 64.2 Å². The largest absolute Gasteiger partial charge is 0.508 e. The second-order valence-corrected chi connectivity index (χ2v) is 8.34. The third-order valence-corrected chi connectivity index (χ3v) is 6.21. The first-order valence-electron chi connectivity index (χ1n) is 8.54. The van der Waals surface area contributed by atoms with Crippen molar-refractivity contribution in [2.24, 2.45) is 5.92 Å².